The molecule has 150 valence electrons. The minimum atomic E-state index is -0.299. The lowest BCUT2D eigenvalue weighted by Gasteiger charge is -2.11. The topological polar surface area (TPSA) is 83.8 Å². The summed E-state index contributed by atoms with van der Waals surface area (Å²) in [5.41, 5.74) is 9.19. The van der Waals surface area contributed by atoms with Gasteiger partial charge >= 0.3 is 0 Å². The molecule has 3 aromatic carbocycles. The van der Waals surface area contributed by atoms with Crippen molar-refractivity contribution in [2.24, 2.45) is 0 Å². The normalized spacial score (nSPS) is 10.7. The number of hydrogen-bond donors (Lipinski definition) is 3. The summed E-state index contributed by atoms with van der Waals surface area (Å²) in [5, 5.41) is 3.80. The number of nitrogens with zero attached hydrogens (tertiary/aromatic N) is 1. The minimum absolute atomic E-state index is 0.258. The van der Waals surface area contributed by atoms with Crippen LogP contribution in [0.5, 0.6) is 0 Å². The van der Waals surface area contributed by atoms with Gasteiger partial charge in [-0.3, -0.25) is 4.79 Å². The largest absolute Gasteiger partial charge is 0.397 e. The second-order valence-corrected chi connectivity index (χ2v) is 7.84. The molecular formula is C23H19FN4OS. The first-order valence-electron chi connectivity index (χ1n) is 9.24. The molecule has 0 atom stereocenters. The highest BCUT2D eigenvalue weighted by Crippen LogP contribution is 2.29. The molecule has 1 heterocycles. The highest BCUT2D eigenvalue weighted by molar-refractivity contribution is 7.99. The van der Waals surface area contributed by atoms with Gasteiger partial charge in [0, 0.05) is 10.5 Å². The Balaban J connectivity index is 1.49. The van der Waals surface area contributed by atoms with Crippen molar-refractivity contribution in [1.82, 2.24) is 9.97 Å². The molecule has 5 nitrogen and oxygen atoms in total. The van der Waals surface area contributed by atoms with E-state index in [-0.39, 0.29) is 11.7 Å². The molecular weight excluding hydrogens is 399 g/mol. The number of carbonyl (C=O) groups excluding carboxylic acids is 1. The molecule has 4 aromatic rings. The first-order valence-corrected chi connectivity index (χ1v) is 10.1. The van der Waals surface area contributed by atoms with E-state index in [1.165, 1.54) is 23.9 Å². The number of carbonyl (C=O) groups is 1. The highest BCUT2D eigenvalue weighted by atomic mass is 32.2. The molecule has 4 rings (SSSR count). The number of imidazole rings is 1. The van der Waals surface area contributed by atoms with Crippen molar-refractivity contribution in [2.75, 3.05) is 11.1 Å². The van der Waals surface area contributed by atoms with Gasteiger partial charge < -0.3 is 16.0 Å². The number of nitrogen functional groups attached to an aromatic ring is 1. The maximum Gasteiger partial charge on any atom is 0.255 e. The number of amides is 1. The number of halogens is 1. The summed E-state index contributed by atoms with van der Waals surface area (Å²) >= 11 is 1.54. The molecule has 1 aromatic heterocycles. The van der Waals surface area contributed by atoms with E-state index in [9.17, 15) is 9.18 Å². The van der Waals surface area contributed by atoms with Crippen LogP contribution in [0.4, 0.5) is 15.8 Å². The van der Waals surface area contributed by atoms with Crippen molar-refractivity contribution >= 4 is 29.0 Å². The zero-order chi connectivity index (χ0) is 21.1. The quantitative estimate of drug-likeness (QED) is 0.373. The van der Waals surface area contributed by atoms with Crippen LogP contribution in [0.15, 0.2) is 82.8 Å². The lowest BCUT2D eigenvalue weighted by Crippen LogP contribution is -2.13. The molecule has 0 bridgehead atoms. The van der Waals surface area contributed by atoms with E-state index in [2.05, 4.69) is 15.3 Å². The second kappa shape index (κ2) is 8.42. The summed E-state index contributed by atoms with van der Waals surface area (Å²) in [6.07, 6.45) is 1.78. The summed E-state index contributed by atoms with van der Waals surface area (Å²) < 4.78 is 13.2. The number of benzene rings is 3. The molecule has 0 fully saturated rings. The number of rotatable bonds is 5. The van der Waals surface area contributed by atoms with E-state index in [0.717, 1.165) is 26.9 Å². The second-order valence-electron chi connectivity index (χ2n) is 6.72. The van der Waals surface area contributed by atoms with Crippen LogP contribution in [0.1, 0.15) is 16.2 Å². The number of nitrogens with one attached hydrogen (secondary N) is 2. The van der Waals surface area contributed by atoms with Gasteiger partial charge in [0.15, 0.2) is 0 Å². The molecule has 0 radical (unpaired) electrons. The van der Waals surface area contributed by atoms with E-state index in [1.54, 1.807) is 42.6 Å². The summed E-state index contributed by atoms with van der Waals surface area (Å²) in [6.45, 7) is 1.90. The van der Waals surface area contributed by atoms with E-state index >= 15 is 0 Å². The Bertz CT molecular complexity index is 1190. The van der Waals surface area contributed by atoms with Gasteiger partial charge in [-0.2, -0.15) is 0 Å². The molecule has 0 spiro atoms. The van der Waals surface area contributed by atoms with Gasteiger partial charge in [0.1, 0.15) is 11.6 Å². The number of aryl methyl sites for hydroxylation is 1. The van der Waals surface area contributed by atoms with E-state index in [4.69, 9.17) is 5.73 Å². The number of hydrogen-bond acceptors (Lipinski definition) is 4. The predicted octanol–water partition coefficient (Wildman–Crippen LogP) is 5.51. The lowest BCUT2D eigenvalue weighted by atomic mass is 10.0. The molecule has 0 aliphatic rings. The maximum absolute atomic E-state index is 13.2. The van der Waals surface area contributed by atoms with Crippen LogP contribution in [0.3, 0.4) is 0 Å². The van der Waals surface area contributed by atoms with Crippen molar-refractivity contribution in [3.05, 3.63) is 90.1 Å². The average molecular weight is 418 g/mol. The Morgan fingerprint density at radius 2 is 1.73 bits per heavy atom. The Morgan fingerprint density at radius 1 is 1.03 bits per heavy atom. The molecule has 0 unspecified atom stereocenters. The Labute approximate surface area is 177 Å². The average Bonchev–Trinajstić information content (AvgIpc) is 3.15. The predicted molar refractivity (Wildman–Crippen MR) is 118 cm³/mol. The molecule has 0 saturated heterocycles. The molecule has 0 aliphatic carbocycles. The number of H-pyrrole nitrogens is 1. The van der Waals surface area contributed by atoms with Crippen LogP contribution >= 0.6 is 11.8 Å². The zero-order valence-electron chi connectivity index (χ0n) is 16.1. The summed E-state index contributed by atoms with van der Waals surface area (Å²) in [5.74, 6) is 0.299. The first-order chi connectivity index (χ1) is 14.5. The monoisotopic (exact) mass is 418 g/mol. The number of anilines is 2. The molecule has 7 heteroatoms. The fourth-order valence-electron chi connectivity index (χ4n) is 2.93. The molecule has 0 aliphatic heterocycles. The van der Waals surface area contributed by atoms with E-state index in [1.807, 2.05) is 25.1 Å². The lowest BCUT2D eigenvalue weighted by molar-refractivity contribution is 0.102. The molecule has 30 heavy (non-hydrogen) atoms. The van der Waals surface area contributed by atoms with Crippen LogP contribution in [-0.4, -0.2) is 15.9 Å². The van der Waals surface area contributed by atoms with E-state index < -0.39 is 0 Å². The van der Waals surface area contributed by atoms with Crippen LogP contribution in [-0.2, 0) is 0 Å². The summed E-state index contributed by atoms with van der Waals surface area (Å²) in [4.78, 5) is 21.0. The number of aromatic amines is 1. The molecule has 1 amide bonds. The van der Waals surface area contributed by atoms with Crippen molar-refractivity contribution in [1.29, 1.82) is 0 Å². The van der Waals surface area contributed by atoms with Crippen molar-refractivity contribution in [2.45, 2.75) is 16.8 Å². The SMILES string of the molecule is Cc1ncc(Sc2ccc(C(=O)Nc3cc(-c4ccc(F)cc4)ccc3N)cc2)[nH]1. The first kappa shape index (κ1) is 19.7. The fourth-order valence-corrected chi connectivity index (χ4v) is 3.76. The fraction of sp³-hybridized carbons (Fsp3) is 0.0435. The summed E-state index contributed by atoms with van der Waals surface area (Å²) in [7, 11) is 0. The third kappa shape index (κ3) is 4.52. The molecule has 4 N–H and O–H groups in total. The van der Waals surface area contributed by atoms with Gasteiger partial charge in [0.2, 0.25) is 0 Å². The van der Waals surface area contributed by atoms with E-state index in [0.29, 0.717) is 16.9 Å². The zero-order valence-corrected chi connectivity index (χ0v) is 17.0. The molecule has 0 saturated carbocycles. The Hall–Kier alpha value is -3.58. The van der Waals surface area contributed by atoms with Gasteiger partial charge in [-0.05, 0) is 66.6 Å². The Morgan fingerprint density at radius 3 is 2.40 bits per heavy atom. The van der Waals surface area contributed by atoms with Gasteiger partial charge in [-0.1, -0.05) is 30.0 Å². The Kier molecular flexibility index (Phi) is 5.54. The third-order valence-corrected chi connectivity index (χ3v) is 5.44. The van der Waals surface area contributed by atoms with Gasteiger partial charge in [-0.15, -0.1) is 0 Å². The standard InChI is InChI=1S/C23H19FN4OS/c1-14-26-13-22(27-14)30-19-9-4-16(5-10-19)23(29)28-21-12-17(6-11-20(21)25)15-2-7-18(24)8-3-15/h2-13H,25H2,1H3,(H,26,27)(H,28,29). The highest BCUT2D eigenvalue weighted by Gasteiger charge is 2.10. The van der Waals surface area contributed by atoms with Gasteiger partial charge in [0.25, 0.3) is 5.91 Å². The van der Waals surface area contributed by atoms with Crippen LogP contribution in [0, 0.1) is 12.7 Å². The van der Waals surface area contributed by atoms with Crippen LogP contribution in [0.25, 0.3) is 11.1 Å². The minimum Gasteiger partial charge on any atom is -0.397 e. The van der Waals surface area contributed by atoms with Crippen LogP contribution in [0.2, 0.25) is 0 Å². The van der Waals surface area contributed by atoms with Crippen molar-refractivity contribution < 1.29 is 9.18 Å². The van der Waals surface area contributed by atoms with Crippen molar-refractivity contribution in [3.63, 3.8) is 0 Å². The third-order valence-electron chi connectivity index (χ3n) is 4.50. The van der Waals surface area contributed by atoms with Crippen LogP contribution < -0.4 is 11.1 Å². The number of nitrogens with two attached hydrogens (primary N) is 1. The van der Waals surface area contributed by atoms with Gasteiger partial charge in [-0.25, -0.2) is 9.37 Å². The van der Waals surface area contributed by atoms with Crippen molar-refractivity contribution in [3.8, 4) is 11.1 Å². The summed E-state index contributed by atoms with van der Waals surface area (Å²) in [6, 6.07) is 18.8. The maximum atomic E-state index is 13.2. The number of aromatic nitrogens is 2. The van der Waals surface area contributed by atoms with Gasteiger partial charge in [0.05, 0.1) is 22.6 Å². The smallest absolute Gasteiger partial charge is 0.255 e.